The van der Waals surface area contributed by atoms with Gasteiger partial charge in [0.1, 0.15) is 17.2 Å². The highest BCUT2D eigenvalue weighted by Crippen LogP contribution is 2.35. The molecular formula is C27H27N3O4. The molecule has 0 amide bonds. The summed E-state index contributed by atoms with van der Waals surface area (Å²) in [6, 6.07) is 21.5. The number of ether oxygens (including phenoxy) is 4. The summed E-state index contributed by atoms with van der Waals surface area (Å²) in [5.41, 5.74) is 3.07. The third-order valence-electron chi connectivity index (χ3n) is 5.65. The van der Waals surface area contributed by atoms with Crippen LogP contribution < -0.4 is 29.6 Å². The third kappa shape index (κ3) is 5.00. The van der Waals surface area contributed by atoms with Gasteiger partial charge in [0.05, 0.1) is 12.6 Å². The fraction of sp³-hybridized carbons (Fsp3) is 0.222. The van der Waals surface area contributed by atoms with Crippen molar-refractivity contribution < 1.29 is 18.9 Å². The number of methoxy groups -OCH3 is 1. The molecule has 0 aliphatic carbocycles. The minimum Gasteiger partial charge on any atom is -0.497 e. The summed E-state index contributed by atoms with van der Waals surface area (Å²) in [5, 5.41) is 8.08. The largest absolute Gasteiger partial charge is 0.497 e. The Labute approximate surface area is 198 Å². The van der Waals surface area contributed by atoms with Crippen LogP contribution in [0, 0.1) is 0 Å². The molecule has 34 heavy (non-hydrogen) atoms. The van der Waals surface area contributed by atoms with Gasteiger partial charge in [-0.1, -0.05) is 12.1 Å². The molecular weight excluding hydrogens is 430 g/mol. The third-order valence-corrected chi connectivity index (χ3v) is 5.65. The minimum atomic E-state index is 0.297. The predicted molar refractivity (Wildman–Crippen MR) is 132 cm³/mol. The number of pyridine rings is 1. The van der Waals surface area contributed by atoms with E-state index in [9.17, 15) is 0 Å². The van der Waals surface area contributed by atoms with Crippen LogP contribution in [0.1, 0.15) is 12.0 Å². The van der Waals surface area contributed by atoms with E-state index in [1.165, 1.54) is 0 Å². The number of anilines is 1. The zero-order valence-electron chi connectivity index (χ0n) is 19.0. The number of rotatable bonds is 10. The van der Waals surface area contributed by atoms with Crippen molar-refractivity contribution in [2.45, 2.75) is 13.0 Å². The van der Waals surface area contributed by atoms with Gasteiger partial charge in [0.2, 0.25) is 6.79 Å². The molecule has 4 aromatic rings. The monoisotopic (exact) mass is 457 g/mol. The molecule has 0 radical (unpaired) electrons. The van der Waals surface area contributed by atoms with Crippen LogP contribution in [0.3, 0.4) is 0 Å². The highest BCUT2D eigenvalue weighted by molar-refractivity contribution is 5.91. The SMILES string of the molecule is COc1ccc(Oc2ccc3c(NCCCNCc4cccc5c4OCO5)ccnc3c2)cc1. The Kier molecular flexibility index (Phi) is 6.63. The Balaban J connectivity index is 1.13. The number of para-hydroxylation sites is 1. The summed E-state index contributed by atoms with van der Waals surface area (Å²) in [6.07, 6.45) is 2.80. The van der Waals surface area contributed by atoms with Crippen molar-refractivity contribution in [3.05, 3.63) is 78.5 Å². The van der Waals surface area contributed by atoms with Crippen molar-refractivity contribution in [2.24, 2.45) is 0 Å². The molecule has 0 saturated carbocycles. The number of hydrogen-bond donors (Lipinski definition) is 2. The highest BCUT2D eigenvalue weighted by Gasteiger charge is 2.16. The van der Waals surface area contributed by atoms with Crippen LogP contribution in [0.5, 0.6) is 28.7 Å². The van der Waals surface area contributed by atoms with Crippen molar-refractivity contribution in [2.75, 3.05) is 32.3 Å². The van der Waals surface area contributed by atoms with Gasteiger partial charge in [-0.2, -0.15) is 0 Å². The molecule has 7 heteroatoms. The molecule has 5 rings (SSSR count). The summed E-state index contributed by atoms with van der Waals surface area (Å²) < 4.78 is 22.2. The molecule has 0 unspecified atom stereocenters. The lowest BCUT2D eigenvalue weighted by Gasteiger charge is -2.12. The molecule has 0 fully saturated rings. The first-order chi connectivity index (χ1) is 16.8. The molecule has 0 spiro atoms. The summed E-state index contributed by atoms with van der Waals surface area (Å²) in [4.78, 5) is 4.52. The predicted octanol–water partition coefficient (Wildman–Crippen LogP) is 5.36. The number of benzene rings is 3. The van der Waals surface area contributed by atoms with E-state index in [1.807, 2.05) is 66.9 Å². The van der Waals surface area contributed by atoms with E-state index in [-0.39, 0.29) is 0 Å². The maximum Gasteiger partial charge on any atom is 0.231 e. The minimum absolute atomic E-state index is 0.297. The normalized spacial score (nSPS) is 12.0. The second-order valence-corrected chi connectivity index (χ2v) is 7.92. The van der Waals surface area contributed by atoms with E-state index in [1.54, 1.807) is 7.11 Å². The first-order valence-electron chi connectivity index (χ1n) is 11.3. The number of hydrogen-bond acceptors (Lipinski definition) is 7. The van der Waals surface area contributed by atoms with Gasteiger partial charge in [-0.15, -0.1) is 0 Å². The molecule has 1 aliphatic heterocycles. The average Bonchev–Trinajstić information content (AvgIpc) is 3.36. The second kappa shape index (κ2) is 10.3. The summed E-state index contributed by atoms with van der Waals surface area (Å²) >= 11 is 0. The molecule has 1 aromatic heterocycles. The maximum atomic E-state index is 5.97. The Hall–Kier alpha value is -3.97. The fourth-order valence-corrected chi connectivity index (χ4v) is 3.91. The quantitative estimate of drug-likeness (QED) is 0.311. The molecule has 2 N–H and O–H groups in total. The van der Waals surface area contributed by atoms with Crippen LogP contribution in [-0.2, 0) is 6.54 Å². The second-order valence-electron chi connectivity index (χ2n) is 7.92. The van der Waals surface area contributed by atoms with Gasteiger partial charge in [-0.3, -0.25) is 4.98 Å². The fourth-order valence-electron chi connectivity index (χ4n) is 3.91. The van der Waals surface area contributed by atoms with Crippen molar-refractivity contribution in [1.82, 2.24) is 10.3 Å². The topological polar surface area (TPSA) is 73.9 Å². The number of aromatic nitrogens is 1. The molecule has 174 valence electrons. The van der Waals surface area contributed by atoms with Crippen LogP contribution in [-0.4, -0.2) is 32.0 Å². The van der Waals surface area contributed by atoms with Gasteiger partial charge >= 0.3 is 0 Å². The van der Waals surface area contributed by atoms with E-state index < -0.39 is 0 Å². The van der Waals surface area contributed by atoms with Crippen LogP contribution >= 0.6 is 0 Å². The Morgan fingerprint density at radius 1 is 0.912 bits per heavy atom. The van der Waals surface area contributed by atoms with E-state index in [0.29, 0.717) is 6.79 Å². The first kappa shape index (κ1) is 21.9. The molecule has 1 aliphatic rings. The highest BCUT2D eigenvalue weighted by atomic mass is 16.7. The summed E-state index contributed by atoms with van der Waals surface area (Å²) in [5.74, 6) is 3.97. The van der Waals surface area contributed by atoms with E-state index in [0.717, 1.165) is 77.0 Å². The molecule has 2 heterocycles. The average molecular weight is 458 g/mol. The van der Waals surface area contributed by atoms with E-state index in [2.05, 4.69) is 21.7 Å². The van der Waals surface area contributed by atoms with Gasteiger partial charge in [-0.05, 0) is 61.5 Å². The van der Waals surface area contributed by atoms with Crippen LogP contribution in [0.2, 0.25) is 0 Å². The summed E-state index contributed by atoms with van der Waals surface area (Å²) in [7, 11) is 1.65. The standard InChI is InChI=1S/C27H27N3O4/c1-31-20-6-8-21(9-7-20)34-22-10-11-23-24(12-15-30-25(23)16-22)29-14-3-13-28-17-19-4-2-5-26-27(19)33-18-32-26/h2,4-12,15-16,28H,3,13-14,17-18H2,1H3,(H,29,30). The smallest absolute Gasteiger partial charge is 0.231 e. The molecule has 0 bridgehead atoms. The van der Waals surface area contributed by atoms with Crippen molar-refractivity contribution >= 4 is 16.6 Å². The maximum absolute atomic E-state index is 5.97. The number of fused-ring (bicyclic) bond motifs is 2. The van der Waals surface area contributed by atoms with Gasteiger partial charge in [0.25, 0.3) is 0 Å². The van der Waals surface area contributed by atoms with Crippen LogP contribution in [0.4, 0.5) is 5.69 Å². The van der Waals surface area contributed by atoms with Crippen LogP contribution in [0.25, 0.3) is 10.9 Å². The van der Waals surface area contributed by atoms with Crippen molar-refractivity contribution in [3.63, 3.8) is 0 Å². The lowest BCUT2D eigenvalue weighted by Crippen LogP contribution is -2.18. The van der Waals surface area contributed by atoms with Gasteiger partial charge in [0.15, 0.2) is 11.5 Å². The Morgan fingerprint density at radius 3 is 2.65 bits per heavy atom. The van der Waals surface area contributed by atoms with Crippen LogP contribution in [0.15, 0.2) is 72.9 Å². The molecule has 0 atom stereocenters. The van der Waals surface area contributed by atoms with Gasteiger partial charge in [-0.25, -0.2) is 0 Å². The van der Waals surface area contributed by atoms with Crippen molar-refractivity contribution in [1.29, 1.82) is 0 Å². The van der Waals surface area contributed by atoms with Gasteiger partial charge < -0.3 is 29.6 Å². The van der Waals surface area contributed by atoms with Crippen molar-refractivity contribution in [3.8, 4) is 28.7 Å². The summed E-state index contributed by atoms with van der Waals surface area (Å²) in [6.45, 7) is 2.79. The lowest BCUT2D eigenvalue weighted by atomic mass is 10.1. The molecule has 0 saturated heterocycles. The Morgan fingerprint density at radius 2 is 1.76 bits per heavy atom. The number of nitrogens with one attached hydrogen (secondary N) is 2. The van der Waals surface area contributed by atoms with E-state index in [4.69, 9.17) is 18.9 Å². The lowest BCUT2D eigenvalue weighted by molar-refractivity contribution is 0.173. The number of nitrogens with zero attached hydrogens (tertiary/aromatic N) is 1. The van der Waals surface area contributed by atoms with E-state index >= 15 is 0 Å². The van der Waals surface area contributed by atoms with Gasteiger partial charge in [0, 0.05) is 42.0 Å². The molecule has 7 nitrogen and oxygen atoms in total. The first-order valence-corrected chi connectivity index (χ1v) is 11.3. The zero-order valence-corrected chi connectivity index (χ0v) is 19.0. The zero-order chi connectivity index (χ0) is 23.2. The Bertz CT molecular complexity index is 1260. The molecule has 3 aromatic carbocycles.